The third-order valence-electron chi connectivity index (χ3n) is 3.18. The Morgan fingerprint density at radius 3 is 2.42 bits per heavy atom. The molecule has 4 heteroatoms. The molecule has 2 rings (SSSR count). The first-order valence-electron chi connectivity index (χ1n) is 6.54. The average molecular weight is 261 g/mol. The number of nitrogens with one attached hydrogen (secondary N) is 1. The molecular formula is C15H20FN3. The summed E-state index contributed by atoms with van der Waals surface area (Å²) in [4.78, 5) is 4.44. The minimum absolute atomic E-state index is 0.116. The molecule has 0 aliphatic carbocycles. The van der Waals surface area contributed by atoms with Crippen LogP contribution in [-0.2, 0) is 13.1 Å². The van der Waals surface area contributed by atoms with E-state index in [0.717, 1.165) is 23.8 Å². The highest BCUT2D eigenvalue weighted by atomic mass is 19.1. The standard InChI is InChI=1S/C15H20FN3/c1-5-19-9-12(4)18-15(19)17-8-13-6-10(2)14(16)11(3)7-13/h6-7,9H,5,8H2,1-4H3,(H,17,18). The molecule has 0 saturated heterocycles. The summed E-state index contributed by atoms with van der Waals surface area (Å²) in [5.74, 6) is 0.745. The van der Waals surface area contributed by atoms with Crippen LogP contribution in [0.4, 0.5) is 10.3 Å². The predicted octanol–water partition coefficient (Wildman–Crippen LogP) is 3.58. The maximum Gasteiger partial charge on any atom is 0.203 e. The molecular weight excluding hydrogens is 241 g/mol. The Balaban J connectivity index is 2.14. The van der Waals surface area contributed by atoms with Crippen LogP contribution in [0.2, 0.25) is 0 Å². The quantitative estimate of drug-likeness (QED) is 0.911. The third kappa shape index (κ3) is 2.95. The van der Waals surface area contributed by atoms with E-state index in [1.54, 1.807) is 13.8 Å². The molecule has 1 N–H and O–H groups in total. The monoisotopic (exact) mass is 261 g/mol. The molecule has 1 aromatic heterocycles. The van der Waals surface area contributed by atoms with Gasteiger partial charge in [0.05, 0.1) is 5.69 Å². The van der Waals surface area contributed by atoms with Gasteiger partial charge in [-0.25, -0.2) is 9.37 Å². The Bertz CT molecular complexity index is 564. The lowest BCUT2D eigenvalue weighted by Gasteiger charge is -2.10. The second-order valence-corrected chi connectivity index (χ2v) is 4.89. The number of benzene rings is 1. The summed E-state index contributed by atoms with van der Waals surface area (Å²) in [7, 11) is 0. The molecule has 0 unspecified atom stereocenters. The number of anilines is 1. The summed E-state index contributed by atoms with van der Waals surface area (Å²) in [6.07, 6.45) is 2.02. The summed E-state index contributed by atoms with van der Waals surface area (Å²) >= 11 is 0. The summed E-state index contributed by atoms with van der Waals surface area (Å²) in [5, 5.41) is 3.30. The molecule has 2 aromatic rings. The van der Waals surface area contributed by atoms with Crippen LogP contribution < -0.4 is 5.32 Å². The highest BCUT2D eigenvalue weighted by Crippen LogP contribution is 2.16. The van der Waals surface area contributed by atoms with Gasteiger partial charge in [0.25, 0.3) is 0 Å². The SMILES string of the molecule is CCn1cc(C)nc1NCc1cc(C)c(F)c(C)c1. The van der Waals surface area contributed by atoms with E-state index in [1.807, 2.05) is 25.3 Å². The number of aromatic nitrogens is 2. The van der Waals surface area contributed by atoms with Crippen LogP contribution in [0, 0.1) is 26.6 Å². The first kappa shape index (κ1) is 13.6. The Hall–Kier alpha value is -1.84. The minimum Gasteiger partial charge on any atom is -0.352 e. The fourth-order valence-electron chi connectivity index (χ4n) is 2.25. The van der Waals surface area contributed by atoms with E-state index in [1.165, 1.54) is 0 Å². The zero-order chi connectivity index (χ0) is 14.0. The Morgan fingerprint density at radius 1 is 1.21 bits per heavy atom. The zero-order valence-corrected chi connectivity index (χ0v) is 11.9. The highest BCUT2D eigenvalue weighted by Gasteiger charge is 2.06. The van der Waals surface area contributed by atoms with Gasteiger partial charge in [0.1, 0.15) is 5.82 Å². The van der Waals surface area contributed by atoms with Crippen molar-refractivity contribution in [2.24, 2.45) is 0 Å². The van der Waals surface area contributed by atoms with Crippen molar-refractivity contribution in [3.63, 3.8) is 0 Å². The summed E-state index contributed by atoms with van der Waals surface area (Å²) < 4.78 is 15.6. The summed E-state index contributed by atoms with van der Waals surface area (Å²) in [6, 6.07) is 3.75. The van der Waals surface area contributed by atoms with E-state index in [4.69, 9.17) is 0 Å². The van der Waals surface area contributed by atoms with Crippen LogP contribution in [-0.4, -0.2) is 9.55 Å². The Labute approximate surface area is 113 Å². The van der Waals surface area contributed by atoms with Crippen LogP contribution in [0.3, 0.4) is 0 Å². The van der Waals surface area contributed by atoms with E-state index >= 15 is 0 Å². The van der Waals surface area contributed by atoms with Crippen molar-refractivity contribution in [2.75, 3.05) is 5.32 Å². The minimum atomic E-state index is -0.116. The molecule has 19 heavy (non-hydrogen) atoms. The smallest absolute Gasteiger partial charge is 0.203 e. The largest absolute Gasteiger partial charge is 0.352 e. The lowest BCUT2D eigenvalue weighted by atomic mass is 10.1. The molecule has 0 aliphatic heterocycles. The number of hydrogen-bond acceptors (Lipinski definition) is 2. The first-order valence-corrected chi connectivity index (χ1v) is 6.54. The number of aryl methyl sites for hydroxylation is 4. The average Bonchev–Trinajstić information content (AvgIpc) is 2.73. The Morgan fingerprint density at radius 2 is 1.84 bits per heavy atom. The van der Waals surface area contributed by atoms with Crippen LogP contribution in [0.5, 0.6) is 0 Å². The topological polar surface area (TPSA) is 29.9 Å². The molecule has 1 aromatic carbocycles. The van der Waals surface area contributed by atoms with Crippen molar-refractivity contribution in [3.05, 3.63) is 46.5 Å². The Kier molecular flexibility index (Phi) is 3.88. The van der Waals surface area contributed by atoms with Gasteiger partial charge >= 0.3 is 0 Å². The second-order valence-electron chi connectivity index (χ2n) is 4.89. The molecule has 0 aliphatic rings. The fourth-order valence-corrected chi connectivity index (χ4v) is 2.25. The van der Waals surface area contributed by atoms with Gasteiger partial charge in [-0.3, -0.25) is 0 Å². The number of halogens is 1. The maximum absolute atomic E-state index is 13.6. The van der Waals surface area contributed by atoms with Crippen LogP contribution >= 0.6 is 0 Å². The lowest BCUT2D eigenvalue weighted by Crippen LogP contribution is -2.07. The first-order chi connectivity index (χ1) is 9.01. The van der Waals surface area contributed by atoms with Gasteiger partial charge in [-0.1, -0.05) is 12.1 Å². The predicted molar refractivity (Wildman–Crippen MR) is 75.8 cm³/mol. The van der Waals surface area contributed by atoms with E-state index < -0.39 is 0 Å². The van der Waals surface area contributed by atoms with Gasteiger partial charge in [-0.2, -0.15) is 0 Å². The van der Waals surface area contributed by atoms with Crippen LogP contribution in [0.15, 0.2) is 18.3 Å². The van der Waals surface area contributed by atoms with Crippen molar-refractivity contribution < 1.29 is 4.39 Å². The molecule has 0 atom stereocenters. The van der Waals surface area contributed by atoms with E-state index in [9.17, 15) is 4.39 Å². The molecule has 0 saturated carbocycles. The number of nitrogens with zero attached hydrogens (tertiary/aromatic N) is 2. The van der Waals surface area contributed by atoms with E-state index in [0.29, 0.717) is 17.7 Å². The number of rotatable bonds is 4. The summed E-state index contributed by atoms with van der Waals surface area (Å²) in [5.41, 5.74) is 3.44. The van der Waals surface area contributed by atoms with Gasteiger partial charge in [0, 0.05) is 19.3 Å². The molecule has 0 amide bonds. The molecule has 0 bridgehead atoms. The number of hydrogen-bond donors (Lipinski definition) is 1. The van der Waals surface area contributed by atoms with Crippen molar-refractivity contribution in [1.82, 2.24) is 9.55 Å². The third-order valence-corrected chi connectivity index (χ3v) is 3.18. The fraction of sp³-hybridized carbons (Fsp3) is 0.400. The van der Waals surface area contributed by atoms with Crippen LogP contribution in [0.1, 0.15) is 29.3 Å². The molecule has 0 spiro atoms. The molecule has 0 radical (unpaired) electrons. The molecule has 0 fully saturated rings. The van der Waals surface area contributed by atoms with E-state index in [2.05, 4.69) is 21.8 Å². The lowest BCUT2D eigenvalue weighted by molar-refractivity contribution is 0.608. The van der Waals surface area contributed by atoms with Crippen molar-refractivity contribution in [3.8, 4) is 0 Å². The molecule has 102 valence electrons. The van der Waals surface area contributed by atoms with E-state index in [-0.39, 0.29) is 5.82 Å². The van der Waals surface area contributed by atoms with Gasteiger partial charge in [-0.05, 0) is 44.4 Å². The van der Waals surface area contributed by atoms with Gasteiger partial charge in [0.15, 0.2) is 0 Å². The molecule has 3 nitrogen and oxygen atoms in total. The van der Waals surface area contributed by atoms with Crippen molar-refractivity contribution >= 4 is 5.95 Å². The highest BCUT2D eigenvalue weighted by molar-refractivity contribution is 5.35. The summed E-state index contributed by atoms with van der Waals surface area (Å²) in [6.45, 7) is 9.18. The number of imidazole rings is 1. The van der Waals surface area contributed by atoms with Gasteiger partial charge in [-0.15, -0.1) is 0 Å². The van der Waals surface area contributed by atoms with Gasteiger partial charge in [0.2, 0.25) is 5.95 Å². The van der Waals surface area contributed by atoms with Crippen molar-refractivity contribution in [2.45, 2.75) is 40.8 Å². The molecule has 1 heterocycles. The van der Waals surface area contributed by atoms with Gasteiger partial charge < -0.3 is 9.88 Å². The van der Waals surface area contributed by atoms with Crippen LogP contribution in [0.25, 0.3) is 0 Å². The second kappa shape index (κ2) is 5.43. The normalized spacial score (nSPS) is 10.8. The maximum atomic E-state index is 13.6. The van der Waals surface area contributed by atoms with Crippen molar-refractivity contribution in [1.29, 1.82) is 0 Å². The zero-order valence-electron chi connectivity index (χ0n) is 11.9.